The summed E-state index contributed by atoms with van der Waals surface area (Å²) in [6, 6.07) is 6.47. The van der Waals surface area contributed by atoms with E-state index in [1.807, 2.05) is 0 Å². The van der Waals surface area contributed by atoms with E-state index in [0.717, 1.165) is 12.1 Å². The van der Waals surface area contributed by atoms with Crippen molar-refractivity contribution in [3.63, 3.8) is 0 Å². The molecule has 15 heavy (non-hydrogen) atoms. The van der Waals surface area contributed by atoms with Crippen LogP contribution in [0.3, 0.4) is 0 Å². The van der Waals surface area contributed by atoms with Gasteiger partial charge in [-0.3, -0.25) is 0 Å². The molecule has 0 radical (unpaired) electrons. The van der Waals surface area contributed by atoms with E-state index in [1.54, 1.807) is 0 Å². The first-order valence-electron chi connectivity index (χ1n) is 3.39. The summed E-state index contributed by atoms with van der Waals surface area (Å²) in [5.41, 5.74) is -5.40. The largest absolute Gasteiger partial charge is 1.00 e. The van der Waals surface area contributed by atoms with E-state index >= 15 is 0 Å². The minimum Gasteiger partial charge on any atom is -1.00 e. The van der Waals surface area contributed by atoms with Crippen LogP contribution in [0.15, 0.2) is 30.3 Å². The summed E-state index contributed by atoms with van der Waals surface area (Å²) in [5.74, 6) is -0.371. The first-order valence-corrected chi connectivity index (χ1v) is 4.79. The molecule has 0 saturated heterocycles. The van der Waals surface area contributed by atoms with Gasteiger partial charge in [0.15, 0.2) is 0 Å². The van der Waals surface area contributed by atoms with E-state index in [-0.39, 0.29) is 36.7 Å². The van der Waals surface area contributed by atoms with Crippen molar-refractivity contribution in [1.29, 1.82) is 0 Å². The minimum absolute atomic E-state index is 0. The van der Waals surface area contributed by atoms with Crippen molar-refractivity contribution in [3.8, 4) is 5.75 Å². The average molecular weight is 250 g/mol. The molecule has 0 saturated carbocycles. The van der Waals surface area contributed by atoms with Crippen molar-refractivity contribution in [2.75, 3.05) is 0 Å². The van der Waals surface area contributed by atoms with Crippen LogP contribution in [0, 0.1) is 0 Å². The van der Waals surface area contributed by atoms with Gasteiger partial charge in [-0.2, -0.15) is 21.6 Å². The Labute approximate surface area is 108 Å². The molecule has 8 heteroatoms. The second-order valence-electron chi connectivity index (χ2n) is 2.30. The van der Waals surface area contributed by atoms with E-state index in [0.29, 0.717) is 0 Å². The summed E-state index contributed by atoms with van der Waals surface area (Å²) in [7, 11) is -5.55. The van der Waals surface area contributed by atoms with Gasteiger partial charge in [-0.15, -0.1) is 0 Å². The number of benzene rings is 1. The van der Waals surface area contributed by atoms with E-state index in [9.17, 15) is 21.6 Å². The Balaban J connectivity index is 0. The standard InChI is InChI=1S/C7H5F3O3S.Na.H/c8-7(9,10)14(11,12)13-6-4-2-1-3-5-6;;/h1-5H;;/q;+1;-1. The fourth-order valence-electron chi connectivity index (χ4n) is 0.650. The van der Waals surface area contributed by atoms with Crippen molar-refractivity contribution >= 4 is 10.1 Å². The number of hydrogen-bond acceptors (Lipinski definition) is 3. The smallest absolute Gasteiger partial charge is 1.00 e. The van der Waals surface area contributed by atoms with Gasteiger partial charge in [-0.25, -0.2) is 0 Å². The van der Waals surface area contributed by atoms with Gasteiger partial charge in [0.25, 0.3) is 0 Å². The predicted molar refractivity (Wildman–Crippen MR) is 43.2 cm³/mol. The Bertz CT molecular complexity index is 407. The van der Waals surface area contributed by atoms with Crippen molar-refractivity contribution in [2.45, 2.75) is 5.51 Å². The molecule has 0 atom stereocenters. The molecule has 0 amide bonds. The fourth-order valence-corrected chi connectivity index (χ4v) is 1.11. The zero-order chi connectivity index (χ0) is 10.8. The fraction of sp³-hybridized carbons (Fsp3) is 0.143. The van der Waals surface area contributed by atoms with E-state index in [1.165, 1.54) is 18.2 Å². The number of alkyl halides is 3. The van der Waals surface area contributed by atoms with Gasteiger partial charge in [0.05, 0.1) is 0 Å². The van der Waals surface area contributed by atoms with Crippen LogP contribution in [0.5, 0.6) is 5.75 Å². The summed E-state index contributed by atoms with van der Waals surface area (Å²) in [4.78, 5) is 0. The molecule has 0 aliphatic heterocycles. The van der Waals surface area contributed by atoms with Gasteiger partial charge >= 0.3 is 45.2 Å². The molecule has 0 heterocycles. The van der Waals surface area contributed by atoms with Crippen LogP contribution in [0.1, 0.15) is 1.43 Å². The van der Waals surface area contributed by atoms with Crippen LogP contribution >= 0.6 is 0 Å². The molecule has 0 N–H and O–H groups in total. The molecule has 0 aliphatic carbocycles. The third-order valence-electron chi connectivity index (χ3n) is 1.23. The molecular formula is C7H6F3NaO3S. The third kappa shape index (κ3) is 4.02. The molecule has 0 spiro atoms. The van der Waals surface area contributed by atoms with Crippen LogP contribution in [-0.4, -0.2) is 13.9 Å². The molecule has 0 bridgehead atoms. The molecule has 3 nitrogen and oxygen atoms in total. The Morgan fingerprint density at radius 3 is 2.00 bits per heavy atom. The Hall–Kier alpha value is -0.240. The Morgan fingerprint density at radius 2 is 1.60 bits per heavy atom. The van der Waals surface area contributed by atoms with E-state index < -0.39 is 15.6 Å². The zero-order valence-electron chi connectivity index (χ0n) is 8.65. The van der Waals surface area contributed by atoms with Crippen LogP contribution in [-0.2, 0) is 10.1 Å². The summed E-state index contributed by atoms with van der Waals surface area (Å²) in [6.45, 7) is 0. The van der Waals surface area contributed by atoms with Gasteiger partial charge in [0.1, 0.15) is 5.75 Å². The summed E-state index contributed by atoms with van der Waals surface area (Å²) in [5, 5.41) is 0. The van der Waals surface area contributed by atoms with Gasteiger partial charge in [0, 0.05) is 0 Å². The van der Waals surface area contributed by atoms with Gasteiger partial charge in [-0.05, 0) is 12.1 Å². The van der Waals surface area contributed by atoms with Gasteiger partial charge in [0.2, 0.25) is 0 Å². The maximum Gasteiger partial charge on any atom is 1.00 e. The number of rotatable bonds is 2. The molecular weight excluding hydrogens is 244 g/mol. The number of para-hydroxylation sites is 1. The molecule has 0 unspecified atom stereocenters. The first-order chi connectivity index (χ1) is 6.33. The molecule has 1 rings (SSSR count). The van der Waals surface area contributed by atoms with E-state index in [4.69, 9.17) is 0 Å². The topological polar surface area (TPSA) is 43.4 Å². The van der Waals surface area contributed by atoms with Gasteiger partial charge < -0.3 is 5.61 Å². The third-order valence-corrected chi connectivity index (χ3v) is 2.21. The second kappa shape index (κ2) is 5.20. The molecule has 1 aromatic rings. The first kappa shape index (κ1) is 14.8. The monoisotopic (exact) mass is 250 g/mol. The predicted octanol–water partition coefficient (Wildman–Crippen LogP) is -0.968. The zero-order valence-corrected chi connectivity index (χ0v) is 10.5. The molecule has 0 aliphatic rings. The number of halogens is 3. The summed E-state index contributed by atoms with van der Waals surface area (Å²) in [6.07, 6.45) is 0. The minimum atomic E-state index is -5.55. The summed E-state index contributed by atoms with van der Waals surface area (Å²) >= 11 is 0. The maximum absolute atomic E-state index is 11.8. The van der Waals surface area contributed by atoms with Crippen molar-refractivity contribution in [1.82, 2.24) is 0 Å². The Morgan fingerprint density at radius 1 is 1.13 bits per heavy atom. The van der Waals surface area contributed by atoms with Crippen LogP contribution in [0.25, 0.3) is 0 Å². The van der Waals surface area contributed by atoms with Crippen LogP contribution in [0.2, 0.25) is 0 Å². The van der Waals surface area contributed by atoms with E-state index in [2.05, 4.69) is 4.18 Å². The number of hydrogen-bond donors (Lipinski definition) is 0. The normalized spacial score (nSPS) is 11.7. The molecule has 0 fully saturated rings. The quantitative estimate of drug-likeness (QED) is 0.385. The average Bonchev–Trinajstić information content (AvgIpc) is 2.03. The van der Waals surface area contributed by atoms with Crippen LogP contribution < -0.4 is 33.7 Å². The van der Waals surface area contributed by atoms with Crippen molar-refractivity contribution in [3.05, 3.63) is 30.3 Å². The molecule has 1 aromatic carbocycles. The maximum atomic E-state index is 11.8. The Kier molecular flexibility index (Phi) is 5.12. The SMILES string of the molecule is O=S(=O)(Oc1ccccc1)C(F)(F)F.[H-].[Na+]. The second-order valence-corrected chi connectivity index (χ2v) is 3.83. The van der Waals surface area contributed by atoms with Crippen LogP contribution in [0.4, 0.5) is 13.2 Å². The molecule has 0 aromatic heterocycles. The summed E-state index contributed by atoms with van der Waals surface area (Å²) < 4.78 is 60.2. The molecule has 80 valence electrons. The van der Waals surface area contributed by atoms with Gasteiger partial charge in [-0.1, -0.05) is 18.2 Å². The van der Waals surface area contributed by atoms with Crippen molar-refractivity contribution < 1.29 is 56.8 Å². The van der Waals surface area contributed by atoms with Crippen molar-refractivity contribution in [2.24, 2.45) is 0 Å².